The van der Waals surface area contributed by atoms with Crippen LogP contribution in [0.4, 0.5) is 0 Å². The summed E-state index contributed by atoms with van der Waals surface area (Å²) in [6, 6.07) is 9.95. The zero-order valence-electron chi connectivity index (χ0n) is 18.7. The zero-order chi connectivity index (χ0) is 26.0. The van der Waals surface area contributed by atoms with E-state index in [0.717, 1.165) is 6.07 Å². The van der Waals surface area contributed by atoms with Gasteiger partial charge in [-0.25, -0.2) is 4.79 Å². The van der Waals surface area contributed by atoms with E-state index in [-0.39, 0.29) is 47.0 Å². The van der Waals surface area contributed by atoms with Gasteiger partial charge in [0.1, 0.15) is 41.5 Å². The molecule has 0 spiro atoms. The number of fused-ring (bicyclic) bond motifs is 1. The number of aliphatic hydroxyl groups excluding tert-OH is 4. The fraction of sp³-hybridized carbons (Fsp3) is 0.333. The molecule has 2 heterocycles. The SMILES string of the molecule is O=C(O)CCc1cc(Oc2ccc3ccc(=O)oc3c2)c(O[C@H]2O[C@@H](CO)[C@@H](O)[C@H](O)[C@@H]2O)cc1O. The Balaban J connectivity index is 1.69. The van der Waals surface area contributed by atoms with Crippen molar-refractivity contribution >= 4 is 16.9 Å². The third kappa shape index (κ3) is 5.42. The molecular weight excluding hydrogens is 480 g/mol. The van der Waals surface area contributed by atoms with Crippen LogP contribution >= 0.6 is 0 Å². The van der Waals surface area contributed by atoms with E-state index in [1.165, 1.54) is 18.2 Å². The number of aliphatic carboxylic acids is 1. The van der Waals surface area contributed by atoms with Crippen molar-refractivity contribution in [3.63, 3.8) is 0 Å². The number of hydrogen-bond acceptors (Lipinski definition) is 11. The van der Waals surface area contributed by atoms with Crippen molar-refractivity contribution in [2.45, 2.75) is 43.5 Å². The number of carbonyl (C=O) groups is 1. The number of benzene rings is 2. The van der Waals surface area contributed by atoms with Gasteiger partial charge >= 0.3 is 11.6 Å². The van der Waals surface area contributed by atoms with Crippen molar-refractivity contribution < 1.29 is 54.1 Å². The molecule has 1 aliphatic rings. The van der Waals surface area contributed by atoms with Crippen LogP contribution in [0.15, 0.2) is 51.7 Å². The lowest BCUT2D eigenvalue weighted by atomic mass is 9.99. The summed E-state index contributed by atoms with van der Waals surface area (Å²) in [4.78, 5) is 22.6. The van der Waals surface area contributed by atoms with Crippen molar-refractivity contribution in [1.29, 1.82) is 0 Å². The second kappa shape index (κ2) is 10.5. The maximum Gasteiger partial charge on any atom is 0.336 e. The van der Waals surface area contributed by atoms with Crippen LogP contribution < -0.4 is 15.1 Å². The highest BCUT2D eigenvalue weighted by atomic mass is 16.7. The van der Waals surface area contributed by atoms with Crippen molar-refractivity contribution in [3.05, 3.63) is 58.4 Å². The van der Waals surface area contributed by atoms with Gasteiger partial charge in [0, 0.05) is 30.0 Å². The fourth-order valence-corrected chi connectivity index (χ4v) is 3.73. The molecule has 0 saturated carbocycles. The van der Waals surface area contributed by atoms with Gasteiger partial charge in [-0.2, -0.15) is 0 Å². The number of carboxylic acids is 1. The molecule has 12 heteroatoms. The summed E-state index contributed by atoms with van der Waals surface area (Å²) < 4.78 is 22.1. The minimum absolute atomic E-state index is 0.0252. The highest BCUT2D eigenvalue weighted by molar-refractivity contribution is 5.78. The Morgan fingerprint density at radius 2 is 1.72 bits per heavy atom. The van der Waals surface area contributed by atoms with Gasteiger partial charge in [0.2, 0.25) is 6.29 Å². The molecule has 6 N–H and O–H groups in total. The minimum Gasteiger partial charge on any atom is -0.508 e. The molecule has 0 aliphatic carbocycles. The molecule has 0 unspecified atom stereocenters. The van der Waals surface area contributed by atoms with Gasteiger partial charge < -0.3 is 49.3 Å². The molecule has 3 aromatic rings. The van der Waals surface area contributed by atoms with Crippen LogP contribution in [0, 0.1) is 0 Å². The maximum absolute atomic E-state index is 11.6. The van der Waals surface area contributed by atoms with Crippen molar-refractivity contribution in [2.24, 2.45) is 0 Å². The lowest BCUT2D eigenvalue weighted by Gasteiger charge is -2.39. The maximum atomic E-state index is 11.6. The van der Waals surface area contributed by atoms with Crippen LogP contribution in [0.2, 0.25) is 0 Å². The van der Waals surface area contributed by atoms with Gasteiger partial charge in [-0.3, -0.25) is 4.79 Å². The number of phenols is 1. The monoisotopic (exact) mass is 504 g/mol. The standard InChI is InChI=1S/C24H24O12/c25-10-18-21(30)22(31)23(32)24(36-18)35-17-9-14(26)12(2-5-19(27)28)7-16(17)33-13-4-1-11-3-6-20(29)34-15(11)8-13/h1,3-4,6-9,18,21-26,30-32H,2,5,10H2,(H,27,28)/t18-,21+,22-,23-,24-/m0/s1. The summed E-state index contributed by atoms with van der Waals surface area (Å²) in [6.07, 6.45) is -8.13. The fourth-order valence-electron chi connectivity index (χ4n) is 3.73. The van der Waals surface area contributed by atoms with E-state index in [1.54, 1.807) is 18.2 Å². The molecule has 1 fully saturated rings. The lowest BCUT2D eigenvalue weighted by molar-refractivity contribution is -0.277. The second-order valence-corrected chi connectivity index (χ2v) is 8.19. The summed E-state index contributed by atoms with van der Waals surface area (Å²) in [5, 5.41) is 59.9. The minimum atomic E-state index is -1.72. The summed E-state index contributed by atoms with van der Waals surface area (Å²) in [6.45, 7) is -0.671. The summed E-state index contributed by atoms with van der Waals surface area (Å²) in [5.41, 5.74) is -0.103. The second-order valence-electron chi connectivity index (χ2n) is 8.19. The first kappa shape index (κ1) is 25.4. The average Bonchev–Trinajstić information content (AvgIpc) is 2.84. The largest absolute Gasteiger partial charge is 0.508 e. The average molecular weight is 504 g/mol. The normalized spacial score (nSPS) is 23.9. The molecule has 4 rings (SSSR count). The van der Waals surface area contributed by atoms with Gasteiger partial charge in [-0.05, 0) is 36.2 Å². The predicted octanol–water partition coefficient (Wildman–Crippen LogP) is 0.487. The molecule has 12 nitrogen and oxygen atoms in total. The van der Waals surface area contributed by atoms with Crippen molar-refractivity contribution in [3.8, 4) is 23.0 Å². The van der Waals surface area contributed by atoms with Crippen LogP contribution in [0.5, 0.6) is 23.0 Å². The number of rotatable bonds is 8. The van der Waals surface area contributed by atoms with Crippen LogP contribution in [-0.2, 0) is 16.0 Å². The molecule has 0 radical (unpaired) electrons. The van der Waals surface area contributed by atoms with E-state index in [4.69, 9.17) is 23.7 Å². The van der Waals surface area contributed by atoms with E-state index in [0.29, 0.717) is 5.39 Å². The highest BCUT2D eigenvalue weighted by Crippen LogP contribution is 2.40. The van der Waals surface area contributed by atoms with Crippen LogP contribution in [-0.4, -0.2) is 73.9 Å². The summed E-state index contributed by atoms with van der Waals surface area (Å²) >= 11 is 0. The molecule has 2 aromatic carbocycles. The van der Waals surface area contributed by atoms with Gasteiger partial charge in [0.25, 0.3) is 0 Å². The van der Waals surface area contributed by atoms with E-state index < -0.39 is 48.9 Å². The Bertz CT molecular complexity index is 1300. The van der Waals surface area contributed by atoms with Gasteiger partial charge in [-0.15, -0.1) is 0 Å². The van der Waals surface area contributed by atoms with Gasteiger partial charge in [0.15, 0.2) is 11.5 Å². The molecular formula is C24H24O12. The number of aliphatic hydroxyl groups is 4. The van der Waals surface area contributed by atoms with Crippen LogP contribution in [0.25, 0.3) is 11.0 Å². The Morgan fingerprint density at radius 3 is 2.44 bits per heavy atom. The predicted molar refractivity (Wildman–Crippen MR) is 121 cm³/mol. The quantitative estimate of drug-likeness (QED) is 0.233. The summed E-state index contributed by atoms with van der Waals surface area (Å²) in [7, 11) is 0. The molecule has 1 aliphatic heterocycles. The number of carboxylic acid groups (broad SMARTS) is 1. The molecule has 0 bridgehead atoms. The topological polar surface area (TPSA) is 196 Å². The van der Waals surface area contributed by atoms with Crippen molar-refractivity contribution in [2.75, 3.05) is 6.61 Å². The Hall–Kier alpha value is -3.68. The lowest BCUT2D eigenvalue weighted by Crippen LogP contribution is -2.60. The van der Waals surface area contributed by atoms with Crippen molar-refractivity contribution in [1.82, 2.24) is 0 Å². The third-order valence-corrected chi connectivity index (χ3v) is 5.67. The Kier molecular flexibility index (Phi) is 7.43. The molecule has 1 aromatic heterocycles. The number of aryl methyl sites for hydroxylation is 1. The number of ether oxygens (including phenoxy) is 3. The smallest absolute Gasteiger partial charge is 0.336 e. The first-order valence-corrected chi connectivity index (χ1v) is 10.9. The van der Waals surface area contributed by atoms with E-state index >= 15 is 0 Å². The molecule has 0 amide bonds. The first-order chi connectivity index (χ1) is 17.2. The highest BCUT2D eigenvalue weighted by Gasteiger charge is 2.45. The van der Waals surface area contributed by atoms with Crippen LogP contribution in [0.1, 0.15) is 12.0 Å². The third-order valence-electron chi connectivity index (χ3n) is 5.67. The van der Waals surface area contributed by atoms with E-state index in [9.17, 15) is 35.1 Å². The Labute approximate surface area is 203 Å². The number of phenolic OH excluding ortho intramolecular Hbond substituents is 1. The molecule has 36 heavy (non-hydrogen) atoms. The van der Waals surface area contributed by atoms with Gasteiger partial charge in [0.05, 0.1) is 6.61 Å². The van der Waals surface area contributed by atoms with E-state index in [2.05, 4.69) is 0 Å². The molecule has 1 saturated heterocycles. The Morgan fingerprint density at radius 1 is 0.972 bits per heavy atom. The zero-order valence-corrected chi connectivity index (χ0v) is 18.7. The number of aromatic hydroxyl groups is 1. The molecule has 5 atom stereocenters. The first-order valence-electron chi connectivity index (χ1n) is 10.9. The van der Waals surface area contributed by atoms with Gasteiger partial charge in [-0.1, -0.05) is 0 Å². The number of hydrogen-bond donors (Lipinski definition) is 6. The van der Waals surface area contributed by atoms with E-state index in [1.807, 2.05) is 0 Å². The summed E-state index contributed by atoms with van der Waals surface area (Å²) in [5.74, 6) is -1.39. The van der Waals surface area contributed by atoms with Crippen LogP contribution in [0.3, 0.4) is 0 Å². The molecule has 192 valence electrons.